The molecule has 33 heavy (non-hydrogen) atoms. The lowest BCUT2D eigenvalue weighted by Crippen LogP contribution is -2.51. The monoisotopic (exact) mass is 448 g/mol. The highest BCUT2D eigenvalue weighted by atomic mass is 16.5. The molecule has 0 radical (unpaired) electrons. The van der Waals surface area contributed by atoms with E-state index in [1.54, 1.807) is 30.0 Å². The Kier molecular flexibility index (Phi) is 7.14. The lowest BCUT2D eigenvalue weighted by molar-refractivity contribution is -0.160. The molecule has 8 nitrogen and oxygen atoms in total. The molecule has 3 aromatic rings. The molecule has 1 fully saturated rings. The summed E-state index contributed by atoms with van der Waals surface area (Å²) in [6.07, 6.45) is 0.564. The Bertz CT molecular complexity index is 1170. The molecular weight excluding hydrogens is 420 g/mol. The fourth-order valence-corrected chi connectivity index (χ4v) is 4.01. The highest BCUT2D eigenvalue weighted by Crippen LogP contribution is 2.11. The molecule has 0 aliphatic carbocycles. The van der Waals surface area contributed by atoms with Gasteiger partial charge in [0.05, 0.1) is 23.7 Å². The van der Waals surface area contributed by atoms with Gasteiger partial charge in [0.2, 0.25) is 0 Å². The Balaban J connectivity index is 1.24. The quantitative estimate of drug-likeness (QED) is 0.515. The van der Waals surface area contributed by atoms with Crippen molar-refractivity contribution < 1.29 is 14.3 Å². The zero-order valence-corrected chi connectivity index (χ0v) is 18.7. The summed E-state index contributed by atoms with van der Waals surface area (Å²) >= 11 is 0. The smallest absolute Gasteiger partial charge is 0.308 e. The van der Waals surface area contributed by atoms with Crippen molar-refractivity contribution in [2.24, 2.45) is 0 Å². The molecule has 1 aromatic heterocycles. The predicted octanol–water partition coefficient (Wildman–Crippen LogP) is 2.06. The number of rotatable bonds is 7. The Labute approximate surface area is 192 Å². The van der Waals surface area contributed by atoms with Gasteiger partial charge in [-0.15, -0.1) is 0 Å². The first kappa shape index (κ1) is 22.7. The highest BCUT2D eigenvalue weighted by Gasteiger charge is 2.27. The molecule has 2 heterocycles. The van der Waals surface area contributed by atoms with Gasteiger partial charge in [0.25, 0.3) is 11.5 Å². The molecule has 1 aliphatic heterocycles. The van der Waals surface area contributed by atoms with Gasteiger partial charge in [-0.25, -0.2) is 4.98 Å². The van der Waals surface area contributed by atoms with Crippen molar-refractivity contribution in [2.45, 2.75) is 32.5 Å². The number of carbonyl (C=O) groups excluding carboxylic acids is 2. The third kappa shape index (κ3) is 5.64. The summed E-state index contributed by atoms with van der Waals surface area (Å²) in [4.78, 5) is 45.9. The highest BCUT2D eigenvalue weighted by molar-refractivity contribution is 5.83. The van der Waals surface area contributed by atoms with Crippen LogP contribution in [0.4, 0.5) is 0 Å². The number of amides is 1. The first-order valence-corrected chi connectivity index (χ1v) is 11.2. The van der Waals surface area contributed by atoms with Crippen LogP contribution in [-0.2, 0) is 27.4 Å². The summed E-state index contributed by atoms with van der Waals surface area (Å²) in [5.74, 6) is -0.703. The Morgan fingerprint density at radius 2 is 1.70 bits per heavy atom. The third-order valence-corrected chi connectivity index (χ3v) is 5.88. The zero-order valence-electron chi connectivity index (χ0n) is 18.7. The number of hydrogen-bond acceptors (Lipinski definition) is 6. The van der Waals surface area contributed by atoms with E-state index < -0.39 is 12.1 Å². The maximum atomic E-state index is 12.7. The molecule has 8 heteroatoms. The van der Waals surface area contributed by atoms with Gasteiger partial charge < -0.3 is 9.64 Å². The van der Waals surface area contributed by atoms with Crippen molar-refractivity contribution in [1.82, 2.24) is 19.4 Å². The van der Waals surface area contributed by atoms with Crippen molar-refractivity contribution in [3.8, 4) is 0 Å². The van der Waals surface area contributed by atoms with E-state index in [9.17, 15) is 14.4 Å². The van der Waals surface area contributed by atoms with E-state index >= 15 is 0 Å². The lowest BCUT2D eigenvalue weighted by Gasteiger charge is -2.35. The lowest BCUT2D eigenvalue weighted by atomic mass is 10.2. The normalized spacial score (nSPS) is 15.4. The summed E-state index contributed by atoms with van der Waals surface area (Å²) in [6, 6.07) is 17.3. The van der Waals surface area contributed by atoms with Crippen LogP contribution in [0, 0.1) is 0 Å². The SMILES string of the molecule is CC(OC(=O)CCn1cnc2ccccc2c1=O)C(=O)N1CCN(Cc2ccccc2)CC1. The molecule has 1 atom stereocenters. The molecule has 0 spiro atoms. The standard InChI is InChI=1S/C25H28N4O4/c1-19(24(31)28-15-13-27(14-16-28)17-20-7-3-2-4-8-20)33-23(30)11-12-29-18-26-22-10-6-5-9-21(22)25(29)32/h2-10,18-19H,11-17H2,1H3. The largest absolute Gasteiger partial charge is 0.452 e. The number of ether oxygens (including phenoxy) is 1. The maximum Gasteiger partial charge on any atom is 0.308 e. The van der Waals surface area contributed by atoms with Gasteiger partial charge >= 0.3 is 5.97 Å². The van der Waals surface area contributed by atoms with Crippen LogP contribution in [-0.4, -0.2) is 63.5 Å². The minimum Gasteiger partial charge on any atom is -0.452 e. The Hall–Kier alpha value is -3.52. The van der Waals surface area contributed by atoms with Gasteiger partial charge in [0, 0.05) is 39.3 Å². The number of esters is 1. The molecule has 0 saturated carbocycles. The van der Waals surface area contributed by atoms with Crippen LogP contribution >= 0.6 is 0 Å². The van der Waals surface area contributed by atoms with Crippen molar-refractivity contribution >= 4 is 22.8 Å². The first-order chi connectivity index (χ1) is 16.0. The van der Waals surface area contributed by atoms with Gasteiger partial charge in [-0.05, 0) is 24.6 Å². The summed E-state index contributed by atoms with van der Waals surface area (Å²) in [5.41, 5.74) is 1.66. The summed E-state index contributed by atoms with van der Waals surface area (Å²) in [6.45, 7) is 5.36. The number of fused-ring (bicyclic) bond motifs is 1. The van der Waals surface area contributed by atoms with Crippen molar-refractivity contribution in [1.29, 1.82) is 0 Å². The number of benzene rings is 2. The molecule has 1 aliphatic rings. The van der Waals surface area contributed by atoms with E-state index in [0.717, 1.165) is 19.6 Å². The van der Waals surface area contributed by atoms with E-state index in [1.807, 2.05) is 24.3 Å². The molecule has 0 N–H and O–H groups in total. The van der Waals surface area contributed by atoms with E-state index in [4.69, 9.17) is 4.74 Å². The van der Waals surface area contributed by atoms with E-state index in [-0.39, 0.29) is 24.4 Å². The van der Waals surface area contributed by atoms with Gasteiger partial charge in [-0.3, -0.25) is 23.9 Å². The average molecular weight is 449 g/mol. The van der Waals surface area contributed by atoms with Gasteiger partial charge in [0.1, 0.15) is 0 Å². The number of aromatic nitrogens is 2. The number of carbonyl (C=O) groups is 2. The van der Waals surface area contributed by atoms with E-state index in [2.05, 4.69) is 22.0 Å². The number of para-hydroxylation sites is 1. The second-order valence-corrected chi connectivity index (χ2v) is 8.23. The summed E-state index contributed by atoms with van der Waals surface area (Å²) in [5, 5.41) is 0.503. The molecule has 4 rings (SSSR count). The van der Waals surface area contributed by atoms with Crippen LogP contribution in [0.25, 0.3) is 10.9 Å². The zero-order chi connectivity index (χ0) is 23.2. The van der Waals surface area contributed by atoms with Gasteiger partial charge in [-0.1, -0.05) is 42.5 Å². The molecule has 2 aromatic carbocycles. The second-order valence-electron chi connectivity index (χ2n) is 8.23. The number of nitrogens with zero attached hydrogens (tertiary/aromatic N) is 4. The number of hydrogen-bond donors (Lipinski definition) is 0. The summed E-state index contributed by atoms with van der Waals surface area (Å²) in [7, 11) is 0. The Morgan fingerprint density at radius 3 is 2.45 bits per heavy atom. The molecule has 1 amide bonds. The first-order valence-electron chi connectivity index (χ1n) is 11.2. The average Bonchev–Trinajstić information content (AvgIpc) is 2.84. The summed E-state index contributed by atoms with van der Waals surface area (Å²) < 4.78 is 6.75. The van der Waals surface area contributed by atoms with Crippen LogP contribution in [0.15, 0.2) is 65.7 Å². The van der Waals surface area contributed by atoms with Crippen LogP contribution < -0.4 is 5.56 Å². The topological polar surface area (TPSA) is 84.7 Å². The number of piperazine rings is 1. The third-order valence-electron chi connectivity index (χ3n) is 5.88. The minimum absolute atomic E-state index is 0.0115. The van der Waals surface area contributed by atoms with Gasteiger partial charge in [0.15, 0.2) is 6.10 Å². The predicted molar refractivity (Wildman–Crippen MR) is 124 cm³/mol. The fourth-order valence-electron chi connectivity index (χ4n) is 4.01. The molecule has 1 saturated heterocycles. The minimum atomic E-state index is -0.857. The number of aryl methyl sites for hydroxylation is 1. The van der Waals surface area contributed by atoms with E-state index in [0.29, 0.717) is 24.0 Å². The van der Waals surface area contributed by atoms with E-state index in [1.165, 1.54) is 16.5 Å². The van der Waals surface area contributed by atoms with Gasteiger partial charge in [-0.2, -0.15) is 0 Å². The maximum absolute atomic E-state index is 12.7. The van der Waals surface area contributed by atoms with Crippen LogP contribution in [0.1, 0.15) is 18.9 Å². The second kappa shape index (κ2) is 10.4. The molecule has 0 bridgehead atoms. The molecular formula is C25H28N4O4. The molecule has 172 valence electrons. The van der Waals surface area contributed by atoms with Crippen molar-refractivity contribution in [3.05, 3.63) is 76.8 Å². The fraction of sp³-hybridized carbons (Fsp3) is 0.360. The van der Waals surface area contributed by atoms with Crippen molar-refractivity contribution in [3.63, 3.8) is 0 Å². The van der Waals surface area contributed by atoms with Crippen molar-refractivity contribution in [2.75, 3.05) is 26.2 Å². The molecule has 1 unspecified atom stereocenters. The van der Waals surface area contributed by atoms with Crippen LogP contribution in [0.2, 0.25) is 0 Å². The van der Waals surface area contributed by atoms with Crippen LogP contribution in [0.5, 0.6) is 0 Å². The Morgan fingerprint density at radius 1 is 1.00 bits per heavy atom. The van der Waals surface area contributed by atoms with Crippen LogP contribution in [0.3, 0.4) is 0 Å².